The fraction of sp³-hybridized carbons (Fsp3) is 0.286. The molecule has 1 unspecified atom stereocenters. The molecule has 0 bridgehead atoms. The van der Waals surface area contributed by atoms with Crippen molar-refractivity contribution in [1.82, 2.24) is 14.5 Å². The molecule has 3 rings (SSSR count). The molecular formula is C21H21BrN4O2. The number of carbonyl (C=O) groups is 1. The number of carboxylic acid groups (broad SMARTS) is 1. The van der Waals surface area contributed by atoms with Gasteiger partial charge in [0.05, 0.1) is 16.4 Å². The minimum absolute atomic E-state index is 0.349. The molecule has 144 valence electrons. The minimum atomic E-state index is -0.932. The van der Waals surface area contributed by atoms with E-state index >= 15 is 0 Å². The summed E-state index contributed by atoms with van der Waals surface area (Å²) >= 11 is 3.66. The molecule has 0 saturated heterocycles. The molecule has 1 atom stereocenters. The lowest BCUT2D eigenvalue weighted by atomic mass is 10.1. The van der Waals surface area contributed by atoms with Crippen LogP contribution in [0.5, 0.6) is 0 Å². The summed E-state index contributed by atoms with van der Waals surface area (Å²) in [5, 5.41) is 13.6. The highest BCUT2D eigenvalue weighted by Gasteiger charge is 2.23. The van der Waals surface area contributed by atoms with Crippen molar-refractivity contribution in [1.29, 1.82) is 0 Å². The molecule has 2 heterocycles. The zero-order chi connectivity index (χ0) is 20.1. The monoisotopic (exact) mass is 440 g/mol. The third-order valence-corrected chi connectivity index (χ3v) is 5.38. The Bertz CT molecular complexity index is 1050. The Balaban J connectivity index is 2.03. The molecule has 0 aliphatic rings. The van der Waals surface area contributed by atoms with E-state index in [-0.39, 0.29) is 0 Å². The molecule has 0 spiro atoms. The van der Waals surface area contributed by atoms with Gasteiger partial charge in [-0.25, -0.2) is 14.8 Å². The molecule has 2 N–H and O–H groups in total. The molecular weight excluding hydrogens is 420 g/mol. The van der Waals surface area contributed by atoms with Crippen molar-refractivity contribution in [2.45, 2.75) is 39.3 Å². The van der Waals surface area contributed by atoms with Crippen LogP contribution in [0.25, 0.3) is 11.0 Å². The summed E-state index contributed by atoms with van der Waals surface area (Å²) in [6.45, 7) is 4.38. The van der Waals surface area contributed by atoms with Crippen molar-refractivity contribution in [2.24, 2.45) is 0 Å². The summed E-state index contributed by atoms with van der Waals surface area (Å²) in [5.74, 6) is 5.55. The van der Waals surface area contributed by atoms with Gasteiger partial charge in [0.1, 0.15) is 23.8 Å². The Morgan fingerprint density at radius 2 is 2.07 bits per heavy atom. The van der Waals surface area contributed by atoms with E-state index in [0.29, 0.717) is 18.8 Å². The van der Waals surface area contributed by atoms with Gasteiger partial charge in [-0.1, -0.05) is 43.2 Å². The largest absolute Gasteiger partial charge is 0.480 e. The number of halogens is 1. The second-order valence-electron chi connectivity index (χ2n) is 6.27. The normalized spacial score (nSPS) is 11.7. The highest BCUT2D eigenvalue weighted by Crippen LogP contribution is 2.34. The number of rotatable bonds is 7. The average Bonchev–Trinajstić information content (AvgIpc) is 2.98. The molecule has 3 aromatic rings. The molecule has 1 aromatic carbocycles. The van der Waals surface area contributed by atoms with E-state index in [0.717, 1.165) is 33.2 Å². The summed E-state index contributed by atoms with van der Waals surface area (Å²) in [6, 6.07) is 8.73. The molecule has 0 radical (unpaired) electrons. The Morgan fingerprint density at radius 3 is 2.71 bits per heavy atom. The first kappa shape index (κ1) is 19.9. The number of nitrogens with one attached hydrogen (secondary N) is 1. The van der Waals surface area contributed by atoms with Crippen molar-refractivity contribution < 1.29 is 9.90 Å². The van der Waals surface area contributed by atoms with Crippen LogP contribution in [0.15, 0.2) is 41.1 Å². The van der Waals surface area contributed by atoms with Crippen molar-refractivity contribution in [2.75, 3.05) is 5.32 Å². The molecule has 0 aliphatic heterocycles. The third-order valence-electron chi connectivity index (χ3n) is 4.52. The number of benzene rings is 1. The van der Waals surface area contributed by atoms with E-state index in [4.69, 9.17) is 0 Å². The second-order valence-corrected chi connectivity index (χ2v) is 7.07. The van der Waals surface area contributed by atoms with E-state index in [1.807, 2.05) is 34.9 Å². The maximum absolute atomic E-state index is 11.9. The van der Waals surface area contributed by atoms with Crippen LogP contribution in [0.3, 0.4) is 0 Å². The number of nitrogens with zero attached hydrogens (tertiary/aromatic N) is 3. The van der Waals surface area contributed by atoms with Gasteiger partial charge in [-0.2, -0.15) is 0 Å². The maximum Gasteiger partial charge on any atom is 0.326 e. The van der Waals surface area contributed by atoms with Crippen LogP contribution in [0, 0.1) is 11.8 Å². The predicted octanol–water partition coefficient (Wildman–Crippen LogP) is 3.89. The molecule has 0 fully saturated rings. The van der Waals surface area contributed by atoms with E-state index in [9.17, 15) is 9.90 Å². The zero-order valence-corrected chi connectivity index (χ0v) is 17.3. The average molecular weight is 441 g/mol. The first-order valence-electron chi connectivity index (χ1n) is 9.01. The van der Waals surface area contributed by atoms with Crippen molar-refractivity contribution in [3.8, 4) is 11.8 Å². The summed E-state index contributed by atoms with van der Waals surface area (Å²) in [4.78, 5) is 20.6. The van der Waals surface area contributed by atoms with Crippen LogP contribution in [0.1, 0.15) is 25.1 Å². The zero-order valence-electron chi connectivity index (χ0n) is 15.7. The Morgan fingerprint density at radius 1 is 1.32 bits per heavy atom. The summed E-state index contributed by atoms with van der Waals surface area (Å²) < 4.78 is 2.91. The Kier molecular flexibility index (Phi) is 6.32. The van der Waals surface area contributed by atoms with Gasteiger partial charge in [0, 0.05) is 12.1 Å². The number of anilines is 1. The van der Waals surface area contributed by atoms with E-state index in [2.05, 4.69) is 50.0 Å². The van der Waals surface area contributed by atoms with Crippen molar-refractivity contribution in [3.05, 3.63) is 52.4 Å². The SMILES string of the molecule is CC#CCn1c(CC)c(Br)c2c(NC(Cc3ccccc3)C(=O)O)ncnc21. The van der Waals surface area contributed by atoms with Gasteiger partial charge in [0.15, 0.2) is 0 Å². The molecule has 6 nitrogen and oxygen atoms in total. The lowest BCUT2D eigenvalue weighted by Crippen LogP contribution is -2.32. The summed E-state index contributed by atoms with van der Waals surface area (Å²) in [5.41, 5.74) is 2.72. The lowest BCUT2D eigenvalue weighted by Gasteiger charge is -2.16. The fourth-order valence-electron chi connectivity index (χ4n) is 3.17. The second kappa shape index (κ2) is 8.89. The van der Waals surface area contributed by atoms with Crippen LogP contribution in [-0.2, 0) is 24.2 Å². The summed E-state index contributed by atoms with van der Waals surface area (Å²) in [6.07, 6.45) is 2.59. The molecule has 0 amide bonds. The van der Waals surface area contributed by atoms with Crippen LogP contribution < -0.4 is 5.32 Å². The van der Waals surface area contributed by atoms with Crippen LogP contribution in [0.2, 0.25) is 0 Å². The maximum atomic E-state index is 11.9. The highest BCUT2D eigenvalue weighted by atomic mass is 79.9. The third kappa shape index (κ3) is 4.02. The number of hydrogen-bond donors (Lipinski definition) is 2. The van der Waals surface area contributed by atoms with E-state index in [1.165, 1.54) is 6.33 Å². The Labute approximate surface area is 172 Å². The van der Waals surface area contributed by atoms with Gasteiger partial charge >= 0.3 is 5.97 Å². The van der Waals surface area contributed by atoms with Gasteiger partial charge in [-0.05, 0) is 34.8 Å². The molecule has 2 aromatic heterocycles. The number of aromatic nitrogens is 3. The summed E-state index contributed by atoms with van der Waals surface area (Å²) in [7, 11) is 0. The molecule has 28 heavy (non-hydrogen) atoms. The molecule has 0 aliphatic carbocycles. The number of fused-ring (bicyclic) bond motifs is 1. The first-order valence-corrected chi connectivity index (χ1v) is 9.80. The quantitative estimate of drug-likeness (QED) is 0.544. The predicted molar refractivity (Wildman–Crippen MR) is 113 cm³/mol. The van der Waals surface area contributed by atoms with Crippen LogP contribution in [-0.4, -0.2) is 31.7 Å². The van der Waals surface area contributed by atoms with Crippen LogP contribution in [0.4, 0.5) is 5.82 Å². The number of aliphatic carboxylic acids is 1. The van der Waals surface area contributed by atoms with Gasteiger partial charge in [0.25, 0.3) is 0 Å². The Hall–Kier alpha value is -2.85. The van der Waals surface area contributed by atoms with Crippen molar-refractivity contribution >= 4 is 38.8 Å². The van der Waals surface area contributed by atoms with Gasteiger partial charge in [0.2, 0.25) is 0 Å². The van der Waals surface area contributed by atoms with Gasteiger partial charge in [-0.3, -0.25) is 0 Å². The molecule has 7 heteroatoms. The van der Waals surface area contributed by atoms with E-state index < -0.39 is 12.0 Å². The van der Waals surface area contributed by atoms with Gasteiger partial charge < -0.3 is 15.0 Å². The lowest BCUT2D eigenvalue weighted by molar-refractivity contribution is -0.137. The standard InChI is InChI=1S/C21H21BrN4O2/c1-3-5-11-26-16(4-2)18(22)17-19(23-13-24-20(17)26)25-15(21(27)28)12-14-9-7-6-8-10-14/h6-10,13,15H,4,11-12H2,1-2H3,(H,27,28)(H,23,24,25). The van der Waals surface area contributed by atoms with Crippen molar-refractivity contribution in [3.63, 3.8) is 0 Å². The minimum Gasteiger partial charge on any atom is -0.480 e. The van der Waals surface area contributed by atoms with Gasteiger partial charge in [-0.15, -0.1) is 5.92 Å². The number of carboxylic acids is 1. The van der Waals surface area contributed by atoms with Crippen LogP contribution >= 0.6 is 15.9 Å². The highest BCUT2D eigenvalue weighted by molar-refractivity contribution is 9.10. The topological polar surface area (TPSA) is 80.0 Å². The first-order chi connectivity index (χ1) is 13.6. The van der Waals surface area contributed by atoms with E-state index in [1.54, 1.807) is 6.92 Å². The number of hydrogen-bond acceptors (Lipinski definition) is 4. The fourth-order valence-corrected chi connectivity index (χ4v) is 4.03. The smallest absolute Gasteiger partial charge is 0.326 e. The molecule has 0 saturated carbocycles.